The summed E-state index contributed by atoms with van der Waals surface area (Å²) < 4.78 is 6.50. The van der Waals surface area contributed by atoms with Crippen LogP contribution in [0.15, 0.2) is 48.7 Å². The molecule has 2 heterocycles. The van der Waals surface area contributed by atoms with Gasteiger partial charge in [0.25, 0.3) is 0 Å². The zero-order chi connectivity index (χ0) is 16.4. The van der Waals surface area contributed by atoms with Crippen molar-refractivity contribution in [3.63, 3.8) is 0 Å². The summed E-state index contributed by atoms with van der Waals surface area (Å²) in [6.45, 7) is 1.45. The first-order valence-corrected chi connectivity index (χ1v) is 7.03. The SMILES string of the molecule is COC(=O)c1ccc(-c2nc3ccccn3c2NC(C)=O)cc1. The Morgan fingerprint density at radius 3 is 2.52 bits per heavy atom. The standard InChI is InChI=1S/C17H15N3O3/c1-11(21)18-16-15(19-14-5-3-4-10-20(14)16)12-6-8-13(9-7-12)17(22)23-2/h3-10H,1-2H3,(H,18,21). The fourth-order valence-corrected chi connectivity index (χ4v) is 2.37. The molecule has 0 saturated heterocycles. The van der Waals surface area contributed by atoms with Gasteiger partial charge in [-0.1, -0.05) is 18.2 Å². The Balaban J connectivity index is 2.11. The maximum atomic E-state index is 11.5. The van der Waals surface area contributed by atoms with Crippen LogP contribution in [0, 0.1) is 0 Å². The fourth-order valence-electron chi connectivity index (χ4n) is 2.37. The van der Waals surface area contributed by atoms with E-state index in [1.54, 1.807) is 24.3 Å². The number of hydrogen-bond acceptors (Lipinski definition) is 4. The van der Waals surface area contributed by atoms with E-state index in [1.807, 2.05) is 28.8 Å². The Kier molecular flexibility index (Phi) is 3.80. The van der Waals surface area contributed by atoms with Gasteiger partial charge in [-0.3, -0.25) is 9.20 Å². The molecule has 1 aromatic carbocycles. The molecule has 0 saturated carbocycles. The van der Waals surface area contributed by atoms with Gasteiger partial charge in [0, 0.05) is 18.7 Å². The number of amides is 1. The van der Waals surface area contributed by atoms with Crippen LogP contribution in [-0.2, 0) is 9.53 Å². The van der Waals surface area contributed by atoms with E-state index < -0.39 is 5.97 Å². The number of pyridine rings is 1. The number of esters is 1. The average Bonchev–Trinajstić information content (AvgIpc) is 2.92. The largest absolute Gasteiger partial charge is 0.465 e. The molecule has 6 nitrogen and oxygen atoms in total. The molecular formula is C17H15N3O3. The number of fused-ring (bicyclic) bond motifs is 1. The minimum atomic E-state index is -0.395. The van der Waals surface area contributed by atoms with Crippen LogP contribution in [0.25, 0.3) is 16.9 Å². The quantitative estimate of drug-likeness (QED) is 0.755. The molecule has 0 bridgehead atoms. The molecule has 1 N–H and O–H groups in total. The van der Waals surface area contributed by atoms with Gasteiger partial charge in [-0.2, -0.15) is 0 Å². The van der Waals surface area contributed by atoms with Crippen molar-refractivity contribution < 1.29 is 14.3 Å². The third kappa shape index (κ3) is 2.78. The lowest BCUT2D eigenvalue weighted by Crippen LogP contribution is -2.09. The molecule has 0 fully saturated rings. The Hall–Kier alpha value is -3.15. The highest BCUT2D eigenvalue weighted by atomic mass is 16.5. The lowest BCUT2D eigenvalue weighted by atomic mass is 10.1. The number of nitrogens with one attached hydrogen (secondary N) is 1. The molecule has 116 valence electrons. The minimum absolute atomic E-state index is 0.178. The first-order valence-electron chi connectivity index (χ1n) is 7.03. The smallest absolute Gasteiger partial charge is 0.337 e. The van der Waals surface area contributed by atoms with Gasteiger partial charge >= 0.3 is 5.97 Å². The number of benzene rings is 1. The van der Waals surface area contributed by atoms with Crippen LogP contribution >= 0.6 is 0 Å². The van der Waals surface area contributed by atoms with Gasteiger partial charge in [0.15, 0.2) is 0 Å². The summed E-state index contributed by atoms with van der Waals surface area (Å²) in [6.07, 6.45) is 1.83. The maximum absolute atomic E-state index is 11.5. The number of nitrogens with zero attached hydrogens (tertiary/aromatic N) is 2. The van der Waals surface area contributed by atoms with Gasteiger partial charge in [0.2, 0.25) is 5.91 Å². The highest BCUT2D eigenvalue weighted by Crippen LogP contribution is 2.29. The Labute approximate surface area is 132 Å². The van der Waals surface area contributed by atoms with Gasteiger partial charge in [0.05, 0.1) is 12.7 Å². The Morgan fingerprint density at radius 2 is 1.87 bits per heavy atom. The topological polar surface area (TPSA) is 72.7 Å². The highest BCUT2D eigenvalue weighted by molar-refractivity contribution is 5.94. The monoisotopic (exact) mass is 309 g/mol. The third-order valence-corrected chi connectivity index (χ3v) is 3.40. The predicted molar refractivity (Wildman–Crippen MR) is 86.3 cm³/mol. The number of methoxy groups -OCH3 is 1. The Bertz CT molecular complexity index is 882. The molecule has 0 spiro atoms. The van der Waals surface area contributed by atoms with E-state index >= 15 is 0 Å². The molecule has 3 rings (SSSR count). The van der Waals surface area contributed by atoms with Gasteiger partial charge in [-0.25, -0.2) is 9.78 Å². The first-order chi connectivity index (χ1) is 11.1. The summed E-state index contributed by atoms with van der Waals surface area (Å²) in [5.41, 5.74) is 2.62. The Morgan fingerprint density at radius 1 is 1.13 bits per heavy atom. The number of carbonyl (C=O) groups excluding carboxylic acids is 2. The second kappa shape index (κ2) is 5.92. The van der Waals surface area contributed by atoms with E-state index in [0.717, 1.165) is 11.2 Å². The maximum Gasteiger partial charge on any atom is 0.337 e. The summed E-state index contributed by atoms with van der Waals surface area (Å²) in [5, 5.41) is 2.81. The van der Waals surface area contributed by atoms with Gasteiger partial charge < -0.3 is 10.1 Å². The molecule has 2 aromatic heterocycles. The molecule has 6 heteroatoms. The molecule has 0 radical (unpaired) electrons. The van der Waals surface area contributed by atoms with Crippen molar-refractivity contribution in [1.29, 1.82) is 0 Å². The number of ether oxygens (including phenoxy) is 1. The normalized spacial score (nSPS) is 10.5. The van der Waals surface area contributed by atoms with Crippen LogP contribution < -0.4 is 5.32 Å². The first kappa shape index (κ1) is 14.8. The number of rotatable bonds is 3. The fraction of sp³-hybridized carbons (Fsp3) is 0.118. The summed E-state index contributed by atoms with van der Waals surface area (Å²) in [7, 11) is 1.34. The average molecular weight is 309 g/mol. The van der Waals surface area contributed by atoms with Crippen molar-refractivity contribution in [2.24, 2.45) is 0 Å². The van der Waals surface area contributed by atoms with Gasteiger partial charge in [-0.05, 0) is 24.3 Å². The molecule has 0 unspecified atom stereocenters. The third-order valence-electron chi connectivity index (χ3n) is 3.40. The molecule has 23 heavy (non-hydrogen) atoms. The number of imidazole rings is 1. The van der Waals surface area contributed by atoms with Gasteiger partial charge in [-0.15, -0.1) is 0 Å². The van der Waals surface area contributed by atoms with Crippen LogP contribution in [0.2, 0.25) is 0 Å². The number of aromatic nitrogens is 2. The lowest BCUT2D eigenvalue weighted by molar-refractivity contribution is -0.114. The summed E-state index contributed by atoms with van der Waals surface area (Å²) >= 11 is 0. The highest BCUT2D eigenvalue weighted by Gasteiger charge is 2.15. The zero-order valence-corrected chi connectivity index (χ0v) is 12.7. The molecule has 0 aliphatic carbocycles. The summed E-state index contributed by atoms with van der Waals surface area (Å²) in [6, 6.07) is 12.5. The van der Waals surface area contributed by atoms with Crippen molar-refractivity contribution in [2.45, 2.75) is 6.92 Å². The molecule has 0 aliphatic rings. The van der Waals surface area contributed by atoms with Crippen molar-refractivity contribution in [3.05, 3.63) is 54.2 Å². The van der Waals surface area contributed by atoms with Crippen LogP contribution in [0.4, 0.5) is 5.82 Å². The second-order valence-corrected chi connectivity index (χ2v) is 4.99. The van der Waals surface area contributed by atoms with E-state index in [0.29, 0.717) is 17.1 Å². The van der Waals surface area contributed by atoms with Crippen molar-refractivity contribution in [1.82, 2.24) is 9.38 Å². The molecule has 0 atom stereocenters. The molecule has 1 amide bonds. The van der Waals surface area contributed by atoms with E-state index in [1.165, 1.54) is 14.0 Å². The summed E-state index contributed by atoms with van der Waals surface area (Å²) in [5.74, 6) is 0.0237. The molecule has 0 aliphatic heterocycles. The lowest BCUT2D eigenvalue weighted by Gasteiger charge is -2.06. The number of hydrogen-bond donors (Lipinski definition) is 1. The van der Waals surface area contributed by atoms with Crippen LogP contribution in [-0.4, -0.2) is 28.4 Å². The second-order valence-electron chi connectivity index (χ2n) is 4.99. The van der Waals surface area contributed by atoms with E-state index in [4.69, 9.17) is 4.74 Å². The summed E-state index contributed by atoms with van der Waals surface area (Å²) in [4.78, 5) is 27.6. The zero-order valence-electron chi connectivity index (χ0n) is 12.7. The predicted octanol–water partition coefficient (Wildman–Crippen LogP) is 2.75. The minimum Gasteiger partial charge on any atom is -0.465 e. The van der Waals surface area contributed by atoms with E-state index in [-0.39, 0.29) is 5.91 Å². The number of carbonyl (C=O) groups is 2. The van der Waals surface area contributed by atoms with Crippen molar-refractivity contribution in [2.75, 3.05) is 12.4 Å². The van der Waals surface area contributed by atoms with E-state index in [9.17, 15) is 9.59 Å². The number of anilines is 1. The van der Waals surface area contributed by atoms with Gasteiger partial charge in [0.1, 0.15) is 17.2 Å². The van der Waals surface area contributed by atoms with Crippen molar-refractivity contribution in [3.8, 4) is 11.3 Å². The van der Waals surface area contributed by atoms with Crippen LogP contribution in [0.3, 0.4) is 0 Å². The van der Waals surface area contributed by atoms with Crippen molar-refractivity contribution >= 4 is 23.3 Å². The van der Waals surface area contributed by atoms with Crippen LogP contribution in [0.1, 0.15) is 17.3 Å². The molecule has 3 aromatic rings. The molecular weight excluding hydrogens is 294 g/mol. The van der Waals surface area contributed by atoms with Crippen LogP contribution in [0.5, 0.6) is 0 Å². The van der Waals surface area contributed by atoms with E-state index in [2.05, 4.69) is 10.3 Å².